The van der Waals surface area contributed by atoms with Gasteiger partial charge in [-0.2, -0.15) is 11.3 Å². The maximum absolute atomic E-state index is 6.03. The van der Waals surface area contributed by atoms with Gasteiger partial charge >= 0.3 is 0 Å². The molecule has 1 fully saturated rings. The second-order valence-corrected chi connectivity index (χ2v) is 5.69. The maximum Gasteiger partial charge on any atom is 0.132 e. The number of nitrogens with zero attached hydrogens (tertiary/aromatic N) is 3. The normalized spacial score (nSPS) is 23.6. The monoisotopic (exact) mass is 275 g/mol. The first-order valence-corrected chi connectivity index (χ1v) is 7.38. The second-order valence-electron chi connectivity index (χ2n) is 4.91. The lowest BCUT2D eigenvalue weighted by atomic mass is 10.1. The number of aryl methyl sites for hydroxylation is 1. The fourth-order valence-electron chi connectivity index (χ4n) is 2.39. The third-order valence-corrected chi connectivity index (χ3v) is 3.99. The highest BCUT2D eigenvalue weighted by atomic mass is 32.1. The van der Waals surface area contributed by atoms with E-state index < -0.39 is 0 Å². The van der Waals surface area contributed by atoms with Gasteiger partial charge < -0.3 is 9.64 Å². The van der Waals surface area contributed by atoms with E-state index in [1.165, 1.54) is 5.56 Å². The van der Waals surface area contributed by atoms with E-state index in [0.717, 1.165) is 24.6 Å². The van der Waals surface area contributed by atoms with Gasteiger partial charge in [0.2, 0.25) is 0 Å². The lowest BCUT2D eigenvalue weighted by Crippen LogP contribution is -2.43. The Morgan fingerprint density at radius 1 is 1.37 bits per heavy atom. The zero-order chi connectivity index (χ0) is 13.2. The predicted molar refractivity (Wildman–Crippen MR) is 76.6 cm³/mol. The van der Waals surface area contributed by atoms with Crippen LogP contribution < -0.4 is 4.90 Å². The molecule has 0 saturated carbocycles. The van der Waals surface area contributed by atoms with Crippen LogP contribution in [-0.2, 0) is 4.74 Å². The fraction of sp³-hybridized carbons (Fsp3) is 0.429. The maximum atomic E-state index is 6.03. The van der Waals surface area contributed by atoms with Crippen LogP contribution in [0.4, 0.5) is 5.82 Å². The van der Waals surface area contributed by atoms with Crippen LogP contribution in [0.2, 0.25) is 0 Å². The number of rotatable bonds is 2. The summed E-state index contributed by atoms with van der Waals surface area (Å²) in [4.78, 5) is 10.8. The molecule has 0 amide bonds. The quantitative estimate of drug-likeness (QED) is 0.844. The van der Waals surface area contributed by atoms with Crippen molar-refractivity contribution in [2.24, 2.45) is 0 Å². The summed E-state index contributed by atoms with van der Waals surface area (Å²) < 4.78 is 6.03. The van der Waals surface area contributed by atoms with Gasteiger partial charge in [0.1, 0.15) is 18.2 Å². The van der Waals surface area contributed by atoms with E-state index in [1.807, 2.05) is 13.0 Å². The molecule has 2 unspecified atom stereocenters. The molecule has 1 aliphatic rings. The van der Waals surface area contributed by atoms with Gasteiger partial charge in [-0.1, -0.05) is 0 Å². The van der Waals surface area contributed by atoms with Crippen LogP contribution in [0, 0.1) is 6.92 Å². The van der Waals surface area contributed by atoms with E-state index in [1.54, 1.807) is 17.7 Å². The van der Waals surface area contributed by atoms with Gasteiger partial charge in [-0.25, -0.2) is 9.97 Å². The first kappa shape index (κ1) is 12.6. The number of ether oxygens (including phenoxy) is 1. The molecule has 2 aromatic heterocycles. The number of aromatic nitrogens is 2. The van der Waals surface area contributed by atoms with Crippen molar-refractivity contribution < 1.29 is 4.74 Å². The summed E-state index contributed by atoms with van der Waals surface area (Å²) in [6.45, 7) is 5.82. The molecule has 1 saturated heterocycles. The Morgan fingerprint density at radius 3 is 3.00 bits per heavy atom. The minimum atomic E-state index is 0.130. The van der Waals surface area contributed by atoms with E-state index in [2.05, 4.69) is 38.6 Å². The number of thiophene rings is 1. The van der Waals surface area contributed by atoms with Crippen molar-refractivity contribution in [3.63, 3.8) is 0 Å². The molecule has 4 nitrogen and oxygen atoms in total. The predicted octanol–water partition coefficient (Wildman–Crippen LogP) is 2.81. The van der Waals surface area contributed by atoms with E-state index in [4.69, 9.17) is 4.74 Å². The highest BCUT2D eigenvalue weighted by Gasteiger charge is 2.27. The van der Waals surface area contributed by atoms with Gasteiger partial charge in [-0.05, 0) is 36.2 Å². The zero-order valence-electron chi connectivity index (χ0n) is 11.1. The van der Waals surface area contributed by atoms with Crippen LogP contribution >= 0.6 is 11.3 Å². The van der Waals surface area contributed by atoms with Crippen molar-refractivity contribution >= 4 is 17.2 Å². The highest BCUT2D eigenvalue weighted by molar-refractivity contribution is 7.07. The standard InChI is InChI=1S/C14H17N3OS/c1-10-5-14(16-9-15-10)17-6-11(2)18-13(7-17)12-3-4-19-8-12/h3-5,8-9,11,13H,6-7H2,1-2H3. The van der Waals surface area contributed by atoms with Gasteiger partial charge in [0.15, 0.2) is 0 Å². The molecular formula is C14H17N3OS. The molecule has 2 aromatic rings. The van der Waals surface area contributed by atoms with Crippen LogP contribution in [0.3, 0.4) is 0 Å². The average molecular weight is 275 g/mol. The molecule has 0 aliphatic carbocycles. The van der Waals surface area contributed by atoms with Crippen LogP contribution in [-0.4, -0.2) is 29.2 Å². The Balaban J connectivity index is 1.83. The molecule has 0 spiro atoms. The molecule has 5 heteroatoms. The summed E-state index contributed by atoms with van der Waals surface area (Å²) in [7, 11) is 0. The summed E-state index contributed by atoms with van der Waals surface area (Å²) in [6, 6.07) is 4.17. The SMILES string of the molecule is Cc1cc(N2CC(C)OC(c3ccsc3)C2)ncn1. The Morgan fingerprint density at radius 2 is 2.26 bits per heavy atom. The molecule has 0 radical (unpaired) electrons. The number of hydrogen-bond acceptors (Lipinski definition) is 5. The van der Waals surface area contributed by atoms with E-state index in [-0.39, 0.29) is 12.2 Å². The summed E-state index contributed by atoms with van der Waals surface area (Å²) in [5, 5.41) is 4.25. The molecule has 3 heterocycles. The molecule has 3 rings (SSSR count). The first-order chi connectivity index (χ1) is 9.22. The number of anilines is 1. The van der Waals surface area contributed by atoms with Crippen molar-refractivity contribution in [3.8, 4) is 0 Å². The molecule has 0 bridgehead atoms. The van der Waals surface area contributed by atoms with Gasteiger partial charge in [0.05, 0.1) is 6.10 Å². The minimum absolute atomic E-state index is 0.130. The van der Waals surface area contributed by atoms with Gasteiger partial charge in [-0.15, -0.1) is 0 Å². The van der Waals surface area contributed by atoms with Crippen molar-refractivity contribution in [2.45, 2.75) is 26.1 Å². The largest absolute Gasteiger partial charge is 0.367 e. The number of morpholine rings is 1. The van der Waals surface area contributed by atoms with Gasteiger partial charge in [0.25, 0.3) is 0 Å². The molecular weight excluding hydrogens is 258 g/mol. The lowest BCUT2D eigenvalue weighted by Gasteiger charge is -2.37. The molecule has 0 aromatic carbocycles. The summed E-state index contributed by atoms with van der Waals surface area (Å²) in [5.41, 5.74) is 2.25. The Labute approximate surface area is 117 Å². The van der Waals surface area contributed by atoms with Gasteiger partial charge in [0, 0.05) is 24.8 Å². The second kappa shape index (κ2) is 5.27. The van der Waals surface area contributed by atoms with Crippen molar-refractivity contribution in [1.82, 2.24) is 9.97 Å². The Kier molecular flexibility index (Phi) is 3.48. The highest BCUT2D eigenvalue weighted by Crippen LogP contribution is 2.28. The summed E-state index contributed by atoms with van der Waals surface area (Å²) in [6.07, 6.45) is 1.96. The van der Waals surface area contributed by atoms with Crippen LogP contribution in [0.15, 0.2) is 29.2 Å². The zero-order valence-corrected chi connectivity index (χ0v) is 11.9. The van der Waals surface area contributed by atoms with Crippen LogP contribution in [0.1, 0.15) is 24.3 Å². The topological polar surface area (TPSA) is 38.2 Å². The van der Waals surface area contributed by atoms with Crippen molar-refractivity contribution in [2.75, 3.05) is 18.0 Å². The number of hydrogen-bond donors (Lipinski definition) is 0. The smallest absolute Gasteiger partial charge is 0.132 e. The van der Waals surface area contributed by atoms with E-state index >= 15 is 0 Å². The average Bonchev–Trinajstić information content (AvgIpc) is 2.92. The minimum Gasteiger partial charge on any atom is -0.367 e. The molecule has 1 aliphatic heterocycles. The molecule has 2 atom stereocenters. The molecule has 19 heavy (non-hydrogen) atoms. The molecule has 0 N–H and O–H groups in total. The van der Waals surface area contributed by atoms with E-state index in [9.17, 15) is 0 Å². The fourth-order valence-corrected chi connectivity index (χ4v) is 3.10. The third-order valence-electron chi connectivity index (χ3n) is 3.29. The van der Waals surface area contributed by atoms with Crippen molar-refractivity contribution in [3.05, 3.63) is 40.5 Å². The summed E-state index contributed by atoms with van der Waals surface area (Å²) in [5.74, 6) is 0.989. The summed E-state index contributed by atoms with van der Waals surface area (Å²) >= 11 is 1.71. The Hall–Kier alpha value is -1.46. The van der Waals surface area contributed by atoms with Crippen molar-refractivity contribution in [1.29, 1.82) is 0 Å². The first-order valence-electron chi connectivity index (χ1n) is 6.43. The van der Waals surface area contributed by atoms with E-state index in [0.29, 0.717) is 0 Å². The third kappa shape index (κ3) is 2.77. The lowest BCUT2D eigenvalue weighted by molar-refractivity contribution is -0.0174. The van der Waals surface area contributed by atoms with Gasteiger partial charge in [-0.3, -0.25) is 0 Å². The van der Waals surface area contributed by atoms with Crippen LogP contribution in [0.5, 0.6) is 0 Å². The Bertz CT molecular complexity index is 543. The van der Waals surface area contributed by atoms with Crippen LogP contribution in [0.25, 0.3) is 0 Å². The molecule has 100 valence electrons.